The largest absolute Gasteiger partial charge is 0.511 e. The lowest BCUT2D eigenvalue weighted by Gasteiger charge is -2.23. The van der Waals surface area contributed by atoms with Gasteiger partial charge < -0.3 is 5.11 Å². The van der Waals surface area contributed by atoms with Gasteiger partial charge in [-0.25, -0.2) is 0 Å². The van der Waals surface area contributed by atoms with Crippen molar-refractivity contribution in [2.75, 3.05) is 0 Å². The summed E-state index contributed by atoms with van der Waals surface area (Å²) in [6, 6.07) is 0. The van der Waals surface area contributed by atoms with Gasteiger partial charge in [-0.3, -0.25) is 14.4 Å². The van der Waals surface area contributed by atoms with Crippen LogP contribution in [-0.4, -0.2) is 22.5 Å². The van der Waals surface area contributed by atoms with Gasteiger partial charge in [-0.2, -0.15) is 0 Å². The van der Waals surface area contributed by atoms with Crippen LogP contribution in [0.3, 0.4) is 0 Å². The monoisotopic (exact) mass is 366 g/mol. The summed E-state index contributed by atoms with van der Waals surface area (Å²) in [6.07, 6.45) is 15.9. The van der Waals surface area contributed by atoms with Gasteiger partial charge in [0.05, 0.1) is 11.1 Å². The topological polar surface area (TPSA) is 71.4 Å². The van der Waals surface area contributed by atoms with Gasteiger partial charge in [-0.15, -0.1) is 0 Å². The first-order valence-electron chi connectivity index (χ1n) is 10.2. The molecule has 4 rings (SSSR count). The second-order valence-electron chi connectivity index (χ2n) is 8.21. The van der Waals surface area contributed by atoms with Crippen LogP contribution in [0.1, 0.15) is 51.4 Å². The van der Waals surface area contributed by atoms with Crippen LogP contribution in [0, 0.1) is 23.7 Å². The third-order valence-corrected chi connectivity index (χ3v) is 6.71. The molecule has 1 N–H and O–H groups in total. The minimum Gasteiger partial charge on any atom is -0.511 e. The molecule has 3 fully saturated rings. The summed E-state index contributed by atoms with van der Waals surface area (Å²) in [7, 11) is 0. The van der Waals surface area contributed by atoms with Crippen molar-refractivity contribution in [3.63, 3.8) is 0 Å². The maximum Gasteiger partial charge on any atom is 0.170 e. The molecule has 4 heteroatoms. The molecular weight excluding hydrogens is 340 g/mol. The second-order valence-corrected chi connectivity index (χ2v) is 8.21. The molecule has 142 valence electrons. The molecular formula is C23H26O4. The summed E-state index contributed by atoms with van der Waals surface area (Å²) in [4.78, 5) is 37.3. The van der Waals surface area contributed by atoms with E-state index in [0.717, 1.165) is 51.4 Å². The smallest absolute Gasteiger partial charge is 0.170 e. The van der Waals surface area contributed by atoms with Crippen molar-refractivity contribution in [1.82, 2.24) is 0 Å². The number of hydrogen-bond donors (Lipinski definition) is 1. The second kappa shape index (κ2) is 7.41. The number of allylic oxidation sites excluding steroid dienone is 8. The van der Waals surface area contributed by atoms with Crippen molar-refractivity contribution >= 4 is 17.3 Å². The van der Waals surface area contributed by atoms with E-state index in [2.05, 4.69) is 0 Å². The average molecular weight is 366 g/mol. The lowest BCUT2D eigenvalue weighted by molar-refractivity contribution is -0.120. The predicted octanol–water partition coefficient (Wildman–Crippen LogP) is 4.18. The Labute approximate surface area is 159 Å². The van der Waals surface area contributed by atoms with Gasteiger partial charge >= 0.3 is 0 Å². The zero-order valence-corrected chi connectivity index (χ0v) is 15.5. The highest BCUT2D eigenvalue weighted by Crippen LogP contribution is 2.43. The molecule has 0 saturated heterocycles. The average Bonchev–Trinajstić information content (AvgIpc) is 3.08. The zero-order valence-electron chi connectivity index (χ0n) is 15.5. The van der Waals surface area contributed by atoms with Gasteiger partial charge in [-0.1, -0.05) is 43.9 Å². The van der Waals surface area contributed by atoms with Crippen molar-refractivity contribution in [3.05, 3.63) is 47.3 Å². The van der Waals surface area contributed by atoms with Gasteiger partial charge in [-0.05, 0) is 37.8 Å². The van der Waals surface area contributed by atoms with Gasteiger partial charge in [0.25, 0.3) is 0 Å². The number of rotatable bonds is 3. The molecule has 4 unspecified atom stereocenters. The molecule has 0 amide bonds. The van der Waals surface area contributed by atoms with Gasteiger partial charge in [0, 0.05) is 23.7 Å². The van der Waals surface area contributed by atoms with E-state index in [-0.39, 0.29) is 46.8 Å². The lowest BCUT2D eigenvalue weighted by atomic mass is 9.80. The number of fused-ring (bicyclic) bond motifs is 2. The van der Waals surface area contributed by atoms with Crippen LogP contribution in [0.15, 0.2) is 47.3 Å². The van der Waals surface area contributed by atoms with Crippen molar-refractivity contribution in [1.29, 1.82) is 0 Å². The fourth-order valence-electron chi connectivity index (χ4n) is 5.28. The van der Waals surface area contributed by atoms with Crippen LogP contribution in [0.2, 0.25) is 0 Å². The molecule has 27 heavy (non-hydrogen) atoms. The number of carbonyl (C=O) groups excluding carboxylic acids is 3. The van der Waals surface area contributed by atoms with Crippen LogP contribution >= 0.6 is 0 Å². The fourth-order valence-corrected chi connectivity index (χ4v) is 5.28. The summed E-state index contributed by atoms with van der Waals surface area (Å²) < 4.78 is 0. The minimum absolute atomic E-state index is 0.00549. The quantitative estimate of drug-likeness (QED) is 0.462. The Morgan fingerprint density at radius 1 is 0.667 bits per heavy atom. The SMILES string of the molecule is O=C1C(=CC=CC=CC2=C(O)C3CCCCC3C2=O)C(=O)C2CCCCC12. The van der Waals surface area contributed by atoms with Crippen LogP contribution in [-0.2, 0) is 14.4 Å². The Morgan fingerprint density at radius 2 is 1.19 bits per heavy atom. The van der Waals surface area contributed by atoms with Crippen molar-refractivity contribution < 1.29 is 19.5 Å². The molecule has 0 aromatic carbocycles. The molecule has 4 aliphatic carbocycles. The Kier molecular flexibility index (Phi) is 4.98. The van der Waals surface area contributed by atoms with E-state index in [0.29, 0.717) is 11.1 Å². The maximum absolute atomic E-state index is 12.5. The Bertz CT molecular complexity index is 769. The zero-order chi connectivity index (χ0) is 19.0. The first-order valence-corrected chi connectivity index (χ1v) is 10.2. The van der Waals surface area contributed by atoms with Crippen LogP contribution < -0.4 is 0 Å². The number of Topliss-reactive ketones (excluding diaryl/α,β-unsaturated/α-hetero) is 3. The summed E-state index contributed by atoms with van der Waals surface area (Å²) in [5, 5.41) is 10.4. The number of aliphatic hydroxyl groups is 1. The molecule has 3 saturated carbocycles. The normalized spacial score (nSPS) is 34.1. The lowest BCUT2D eigenvalue weighted by Crippen LogP contribution is -2.21. The van der Waals surface area contributed by atoms with E-state index < -0.39 is 0 Å². The minimum atomic E-state index is -0.108. The summed E-state index contributed by atoms with van der Waals surface area (Å²) in [6.45, 7) is 0. The number of aliphatic hydroxyl groups excluding tert-OH is 1. The van der Waals surface area contributed by atoms with Gasteiger partial charge in [0.2, 0.25) is 0 Å². The molecule has 0 radical (unpaired) electrons. The van der Waals surface area contributed by atoms with E-state index in [1.165, 1.54) is 0 Å². The standard InChI is InChI=1S/C23H26O4/c24-20-14-8-4-5-9-15(14)21(25)18(20)12-2-1-3-13-19-22(26)16-10-6-7-11-17(16)23(19)27/h1-3,12-17,24H,4-11H2. The van der Waals surface area contributed by atoms with E-state index in [9.17, 15) is 19.5 Å². The van der Waals surface area contributed by atoms with Crippen LogP contribution in [0.5, 0.6) is 0 Å². The Hall–Kier alpha value is -2.23. The molecule has 4 nitrogen and oxygen atoms in total. The third-order valence-electron chi connectivity index (χ3n) is 6.71. The molecule has 0 aliphatic heterocycles. The van der Waals surface area contributed by atoms with Gasteiger partial charge in [0.15, 0.2) is 17.3 Å². The molecule has 0 spiro atoms. The molecule has 0 heterocycles. The third kappa shape index (κ3) is 3.15. The van der Waals surface area contributed by atoms with Crippen molar-refractivity contribution in [2.24, 2.45) is 23.7 Å². The summed E-state index contributed by atoms with van der Waals surface area (Å²) in [5.41, 5.74) is 0.741. The van der Waals surface area contributed by atoms with Crippen molar-refractivity contribution in [2.45, 2.75) is 51.4 Å². The van der Waals surface area contributed by atoms with Crippen LogP contribution in [0.25, 0.3) is 0 Å². The number of ketones is 3. The summed E-state index contributed by atoms with van der Waals surface area (Å²) in [5.74, 6) is -0.00698. The van der Waals surface area contributed by atoms with Crippen molar-refractivity contribution in [3.8, 4) is 0 Å². The highest BCUT2D eigenvalue weighted by atomic mass is 16.3. The van der Waals surface area contributed by atoms with E-state index in [4.69, 9.17) is 0 Å². The predicted molar refractivity (Wildman–Crippen MR) is 102 cm³/mol. The van der Waals surface area contributed by atoms with E-state index in [1.54, 1.807) is 30.4 Å². The Balaban J connectivity index is 1.44. The first-order chi connectivity index (χ1) is 13.1. The van der Waals surface area contributed by atoms with E-state index >= 15 is 0 Å². The van der Waals surface area contributed by atoms with Gasteiger partial charge in [0.1, 0.15) is 5.76 Å². The fraction of sp³-hybridized carbons (Fsp3) is 0.522. The first kappa shape index (κ1) is 18.1. The molecule has 4 atom stereocenters. The molecule has 0 aromatic rings. The molecule has 4 aliphatic rings. The maximum atomic E-state index is 12.5. The molecule has 0 aromatic heterocycles. The highest BCUT2D eigenvalue weighted by Gasteiger charge is 2.46. The summed E-state index contributed by atoms with van der Waals surface area (Å²) >= 11 is 0. The Morgan fingerprint density at radius 3 is 1.74 bits per heavy atom. The van der Waals surface area contributed by atoms with E-state index in [1.807, 2.05) is 0 Å². The highest BCUT2D eigenvalue weighted by molar-refractivity contribution is 6.27. The number of carbonyl (C=O) groups is 3. The number of hydrogen-bond acceptors (Lipinski definition) is 4. The van der Waals surface area contributed by atoms with Crippen LogP contribution in [0.4, 0.5) is 0 Å². The molecule has 0 bridgehead atoms.